The molecule has 1 amide bonds. The Hall–Kier alpha value is -3.35. The number of fused-ring (bicyclic) bond motifs is 1. The fraction of sp³-hybridized carbons (Fsp3) is 0.211. The van der Waals surface area contributed by atoms with Gasteiger partial charge in [0.2, 0.25) is 18.5 Å². The SMILES string of the molecule is Cc1ccc(C(=O)N[C@@H](C)c2nc(-c3ccc4c(c3)OCO4)no2)cc1. The lowest BCUT2D eigenvalue weighted by molar-refractivity contribution is 0.0932. The van der Waals surface area contributed by atoms with Gasteiger partial charge >= 0.3 is 0 Å². The molecule has 0 fully saturated rings. The van der Waals surface area contributed by atoms with Crippen molar-refractivity contribution in [2.45, 2.75) is 19.9 Å². The Labute approximate surface area is 149 Å². The second-order valence-electron chi connectivity index (χ2n) is 6.09. The van der Waals surface area contributed by atoms with Crippen molar-refractivity contribution in [1.29, 1.82) is 0 Å². The number of nitrogens with one attached hydrogen (secondary N) is 1. The zero-order chi connectivity index (χ0) is 18.1. The maximum Gasteiger partial charge on any atom is 0.251 e. The van der Waals surface area contributed by atoms with E-state index in [2.05, 4.69) is 15.5 Å². The number of ether oxygens (including phenoxy) is 2. The third kappa shape index (κ3) is 3.11. The van der Waals surface area contributed by atoms with Crippen LogP contribution in [-0.4, -0.2) is 22.8 Å². The number of aromatic nitrogens is 2. The molecule has 1 N–H and O–H groups in total. The van der Waals surface area contributed by atoms with E-state index in [0.29, 0.717) is 28.8 Å². The second-order valence-corrected chi connectivity index (χ2v) is 6.09. The Balaban J connectivity index is 1.48. The minimum absolute atomic E-state index is 0.194. The molecule has 4 rings (SSSR count). The minimum Gasteiger partial charge on any atom is -0.454 e. The van der Waals surface area contributed by atoms with Crippen LogP contribution in [0, 0.1) is 6.92 Å². The number of benzene rings is 2. The molecule has 0 saturated heterocycles. The summed E-state index contributed by atoms with van der Waals surface area (Å²) in [7, 11) is 0. The van der Waals surface area contributed by atoms with Crippen molar-refractivity contribution >= 4 is 5.91 Å². The molecule has 1 aliphatic heterocycles. The average molecular weight is 351 g/mol. The van der Waals surface area contributed by atoms with Gasteiger partial charge in [-0.3, -0.25) is 4.79 Å². The summed E-state index contributed by atoms with van der Waals surface area (Å²) in [5.41, 5.74) is 2.43. The van der Waals surface area contributed by atoms with E-state index in [0.717, 1.165) is 11.1 Å². The summed E-state index contributed by atoms with van der Waals surface area (Å²) >= 11 is 0. The molecule has 3 aromatic rings. The van der Waals surface area contributed by atoms with Gasteiger partial charge in [0, 0.05) is 11.1 Å². The van der Waals surface area contributed by atoms with Crippen molar-refractivity contribution in [2.24, 2.45) is 0 Å². The molecule has 1 atom stereocenters. The summed E-state index contributed by atoms with van der Waals surface area (Å²) in [4.78, 5) is 16.7. The first kappa shape index (κ1) is 16.1. The standard InChI is InChI=1S/C19H17N3O4/c1-11-3-5-13(6-4-11)18(23)20-12(2)19-21-17(22-26-19)14-7-8-15-16(9-14)25-10-24-15/h3-9,12H,10H2,1-2H3,(H,20,23)/t12-/m0/s1. The van der Waals surface area contributed by atoms with Crippen LogP contribution in [0.2, 0.25) is 0 Å². The van der Waals surface area contributed by atoms with Crippen LogP contribution in [0.3, 0.4) is 0 Å². The normalized spacial score (nSPS) is 13.5. The van der Waals surface area contributed by atoms with Crippen LogP contribution in [0.1, 0.15) is 34.8 Å². The monoisotopic (exact) mass is 351 g/mol. The van der Waals surface area contributed by atoms with Gasteiger partial charge in [-0.05, 0) is 44.2 Å². The highest BCUT2D eigenvalue weighted by Crippen LogP contribution is 2.35. The molecular weight excluding hydrogens is 334 g/mol. The summed E-state index contributed by atoms with van der Waals surface area (Å²) in [6.07, 6.45) is 0. The van der Waals surface area contributed by atoms with Crippen molar-refractivity contribution in [2.75, 3.05) is 6.79 Å². The highest BCUT2D eigenvalue weighted by atomic mass is 16.7. The number of amides is 1. The van der Waals surface area contributed by atoms with Crippen LogP contribution in [0.4, 0.5) is 0 Å². The molecule has 2 aromatic carbocycles. The van der Waals surface area contributed by atoms with Crippen LogP contribution < -0.4 is 14.8 Å². The average Bonchev–Trinajstić information content (AvgIpc) is 3.31. The molecule has 0 bridgehead atoms. The first-order valence-electron chi connectivity index (χ1n) is 8.21. The number of aryl methyl sites for hydroxylation is 1. The zero-order valence-corrected chi connectivity index (χ0v) is 14.4. The summed E-state index contributed by atoms with van der Waals surface area (Å²) < 4.78 is 16.0. The molecule has 0 radical (unpaired) electrons. The molecule has 7 heteroatoms. The molecule has 26 heavy (non-hydrogen) atoms. The lowest BCUT2D eigenvalue weighted by Crippen LogP contribution is -2.26. The van der Waals surface area contributed by atoms with Crippen LogP contribution >= 0.6 is 0 Å². The number of rotatable bonds is 4. The Morgan fingerprint density at radius 3 is 2.69 bits per heavy atom. The van der Waals surface area contributed by atoms with E-state index in [4.69, 9.17) is 14.0 Å². The van der Waals surface area contributed by atoms with E-state index in [1.807, 2.05) is 25.1 Å². The fourth-order valence-corrected chi connectivity index (χ4v) is 2.61. The van der Waals surface area contributed by atoms with E-state index in [1.165, 1.54) is 0 Å². The molecular formula is C19H17N3O4. The third-order valence-electron chi connectivity index (χ3n) is 4.10. The number of hydrogen-bond donors (Lipinski definition) is 1. The highest BCUT2D eigenvalue weighted by Gasteiger charge is 2.20. The van der Waals surface area contributed by atoms with Gasteiger partial charge in [0.25, 0.3) is 5.91 Å². The van der Waals surface area contributed by atoms with Crippen LogP contribution in [0.25, 0.3) is 11.4 Å². The molecule has 0 unspecified atom stereocenters. The van der Waals surface area contributed by atoms with E-state index >= 15 is 0 Å². The maximum absolute atomic E-state index is 12.3. The van der Waals surface area contributed by atoms with Gasteiger partial charge in [-0.25, -0.2) is 0 Å². The lowest BCUT2D eigenvalue weighted by atomic mass is 10.1. The number of hydrogen-bond acceptors (Lipinski definition) is 6. The largest absolute Gasteiger partial charge is 0.454 e. The summed E-state index contributed by atoms with van der Waals surface area (Å²) in [6, 6.07) is 12.4. The molecule has 0 saturated carbocycles. The molecule has 1 aliphatic rings. The van der Waals surface area contributed by atoms with E-state index in [9.17, 15) is 4.79 Å². The molecule has 132 valence electrons. The zero-order valence-electron chi connectivity index (χ0n) is 14.4. The van der Waals surface area contributed by atoms with E-state index < -0.39 is 6.04 Å². The fourth-order valence-electron chi connectivity index (χ4n) is 2.61. The van der Waals surface area contributed by atoms with Gasteiger partial charge in [0.1, 0.15) is 6.04 Å². The first-order chi connectivity index (χ1) is 12.6. The molecule has 7 nitrogen and oxygen atoms in total. The van der Waals surface area contributed by atoms with Gasteiger partial charge < -0.3 is 19.3 Å². The predicted molar refractivity (Wildman–Crippen MR) is 92.9 cm³/mol. The van der Waals surface area contributed by atoms with Crippen molar-refractivity contribution in [3.05, 3.63) is 59.5 Å². The molecule has 0 aliphatic carbocycles. The summed E-state index contributed by atoms with van der Waals surface area (Å²) in [5, 5.41) is 6.85. The number of nitrogens with zero attached hydrogens (tertiary/aromatic N) is 2. The van der Waals surface area contributed by atoms with Crippen molar-refractivity contribution in [3.63, 3.8) is 0 Å². The van der Waals surface area contributed by atoms with Crippen LogP contribution in [0.5, 0.6) is 11.5 Å². The number of carbonyl (C=O) groups is 1. The minimum atomic E-state index is -0.418. The van der Waals surface area contributed by atoms with Gasteiger partial charge in [0.15, 0.2) is 11.5 Å². The van der Waals surface area contributed by atoms with Gasteiger partial charge in [-0.2, -0.15) is 4.98 Å². The van der Waals surface area contributed by atoms with Crippen molar-refractivity contribution in [1.82, 2.24) is 15.5 Å². The Bertz CT molecular complexity index is 950. The second kappa shape index (κ2) is 6.51. The van der Waals surface area contributed by atoms with Crippen molar-refractivity contribution in [3.8, 4) is 22.9 Å². The molecule has 0 spiro atoms. The van der Waals surface area contributed by atoms with Crippen LogP contribution in [-0.2, 0) is 0 Å². The van der Waals surface area contributed by atoms with Gasteiger partial charge in [-0.15, -0.1) is 0 Å². The number of carbonyl (C=O) groups excluding carboxylic acids is 1. The maximum atomic E-state index is 12.3. The topological polar surface area (TPSA) is 86.5 Å². The lowest BCUT2D eigenvalue weighted by Gasteiger charge is -2.09. The quantitative estimate of drug-likeness (QED) is 0.776. The first-order valence-corrected chi connectivity index (χ1v) is 8.21. The highest BCUT2D eigenvalue weighted by molar-refractivity contribution is 5.94. The van der Waals surface area contributed by atoms with E-state index in [-0.39, 0.29) is 12.7 Å². The summed E-state index contributed by atoms with van der Waals surface area (Å²) in [6.45, 7) is 3.97. The van der Waals surface area contributed by atoms with Crippen LogP contribution in [0.15, 0.2) is 47.0 Å². The van der Waals surface area contributed by atoms with Crippen molar-refractivity contribution < 1.29 is 18.8 Å². The third-order valence-corrected chi connectivity index (χ3v) is 4.10. The Morgan fingerprint density at radius 1 is 1.12 bits per heavy atom. The Kier molecular flexibility index (Phi) is 4.04. The predicted octanol–water partition coefficient (Wildman–Crippen LogP) is 3.26. The van der Waals surface area contributed by atoms with Gasteiger partial charge in [-0.1, -0.05) is 22.9 Å². The Morgan fingerprint density at radius 2 is 1.88 bits per heavy atom. The summed E-state index contributed by atoms with van der Waals surface area (Å²) in [5.74, 6) is 1.90. The smallest absolute Gasteiger partial charge is 0.251 e. The van der Waals surface area contributed by atoms with Gasteiger partial charge in [0.05, 0.1) is 0 Å². The van der Waals surface area contributed by atoms with E-state index in [1.54, 1.807) is 31.2 Å². The molecule has 1 aromatic heterocycles. The molecule has 2 heterocycles.